The molecule has 0 spiro atoms. The summed E-state index contributed by atoms with van der Waals surface area (Å²) in [7, 11) is 0. The number of pyridine rings is 1. The minimum atomic E-state index is 1.06. The first kappa shape index (κ1) is 13.1. The number of fused-ring (bicyclic) bond motifs is 3. The van der Waals surface area contributed by atoms with Crippen molar-refractivity contribution >= 4 is 21.7 Å². The zero-order chi connectivity index (χ0) is 15.3. The highest BCUT2D eigenvalue weighted by atomic mass is 15.0. The quantitative estimate of drug-likeness (QED) is 0.476. The van der Waals surface area contributed by atoms with Crippen molar-refractivity contribution < 1.29 is 0 Å². The van der Waals surface area contributed by atoms with Crippen LogP contribution in [0.2, 0.25) is 0 Å². The topological polar surface area (TPSA) is 17.8 Å². The van der Waals surface area contributed by atoms with Gasteiger partial charge in [-0.1, -0.05) is 35.9 Å². The molecule has 2 aromatic carbocycles. The number of hydrogen-bond acceptors (Lipinski definition) is 1. The highest BCUT2D eigenvalue weighted by molar-refractivity contribution is 6.08. The number of rotatable bonds is 1. The molecule has 2 aromatic heterocycles. The molecular weight excluding hydrogens is 268 g/mol. The second kappa shape index (κ2) is 4.70. The molecule has 0 N–H and O–H groups in total. The second-order valence-electron chi connectivity index (χ2n) is 5.92. The van der Waals surface area contributed by atoms with Gasteiger partial charge in [-0.15, -0.1) is 0 Å². The minimum absolute atomic E-state index is 1.06. The zero-order valence-electron chi connectivity index (χ0n) is 13.1. The van der Waals surface area contributed by atoms with Crippen molar-refractivity contribution in [3.63, 3.8) is 0 Å². The lowest BCUT2D eigenvalue weighted by molar-refractivity contribution is 1.02. The molecule has 0 aliphatic heterocycles. The fourth-order valence-corrected chi connectivity index (χ4v) is 3.28. The van der Waals surface area contributed by atoms with Gasteiger partial charge in [0.2, 0.25) is 0 Å². The second-order valence-corrected chi connectivity index (χ2v) is 5.92. The number of aryl methyl sites for hydroxylation is 3. The van der Waals surface area contributed by atoms with E-state index in [1.54, 1.807) is 0 Å². The SMILES string of the molecule is Cc1ccc(-n2cc3c(c(C)nc4ccccc43)c2C)cc1. The molecule has 22 heavy (non-hydrogen) atoms. The van der Waals surface area contributed by atoms with Gasteiger partial charge in [0.05, 0.1) is 5.52 Å². The van der Waals surface area contributed by atoms with Gasteiger partial charge in [0.15, 0.2) is 0 Å². The van der Waals surface area contributed by atoms with E-state index in [1.807, 2.05) is 6.07 Å². The van der Waals surface area contributed by atoms with Crippen molar-refractivity contribution in [1.82, 2.24) is 9.55 Å². The van der Waals surface area contributed by atoms with Gasteiger partial charge in [-0.05, 0) is 39.0 Å². The smallest absolute Gasteiger partial charge is 0.0712 e. The number of nitrogens with zero attached hydrogens (tertiary/aromatic N) is 2. The number of hydrogen-bond donors (Lipinski definition) is 0. The molecule has 0 fully saturated rings. The van der Waals surface area contributed by atoms with E-state index in [0.717, 1.165) is 11.2 Å². The van der Waals surface area contributed by atoms with Gasteiger partial charge < -0.3 is 4.57 Å². The third-order valence-electron chi connectivity index (χ3n) is 4.41. The van der Waals surface area contributed by atoms with Gasteiger partial charge in [-0.2, -0.15) is 0 Å². The maximum Gasteiger partial charge on any atom is 0.0712 e. The Bertz CT molecular complexity index is 992. The Morgan fingerprint density at radius 1 is 0.818 bits per heavy atom. The summed E-state index contributed by atoms with van der Waals surface area (Å²) in [5, 5.41) is 3.76. The Morgan fingerprint density at radius 2 is 1.55 bits per heavy atom. The Hall–Kier alpha value is -2.61. The fourth-order valence-electron chi connectivity index (χ4n) is 3.28. The van der Waals surface area contributed by atoms with Crippen LogP contribution in [0.15, 0.2) is 54.7 Å². The van der Waals surface area contributed by atoms with E-state index in [9.17, 15) is 0 Å². The molecule has 0 unspecified atom stereocenters. The van der Waals surface area contributed by atoms with Crippen LogP contribution in [0.4, 0.5) is 0 Å². The van der Waals surface area contributed by atoms with Crippen molar-refractivity contribution in [2.24, 2.45) is 0 Å². The first-order chi connectivity index (χ1) is 10.6. The molecule has 2 nitrogen and oxygen atoms in total. The average molecular weight is 286 g/mol. The summed E-state index contributed by atoms with van der Waals surface area (Å²) in [6.45, 7) is 6.39. The monoisotopic (exact) mass is 286 g/mol. The summed E-state index contributed by atoms with van der Waals surface area (Å²) >= 11 is 0. The molecule has 0 saturated carbocycles. The van der Waals surface area contributed by atoms with Gasteiger partial charge in [0.1, 0.15) is 0 Å². The van der Waals surface area contributed by atoms with E-state index < -0.39 is 0 Å². The van der Waals surface area contributed by atoms with Gasteiger partial charge in [-0.3, -0.25) is 4.98 Å². The largest absolute Gasteiger partial charge is 0.320 e. The normalized spacial score (nSPS) is 11.4. The molecule has 0 atom stereocenters. The molecule has 0 amide bonds. The Balaban J connectivity index is 2.10. The predicted octanol–water partition coefficient (Wildman–Crippen LogP) is 5.10. The maximum atomic E-state index is 4.77. The van der Waals surface area contributed by atoms with Crippen molar-refractivity contribution in [1.29, 1.82) is 0 Å². The summed E-state index contributed by atoms with van der Waals surface area (Å²) in [6, 6.07) is 17.0. The van der Waals surface area contributed by atoms with Crippen LogP contribution in [0.3, 0.4) is 0 Å². The average Bonchev–Trinajstić information content (AvgIpc) is 2.87. The lowest BCUT2D eigenvalue weighted by Crippen LogP contribution is -1.94. The van der Waals surface area contributed by atoms with E-state index in [-0.39, 0.29) is 0 Å². The summed E-state index contributed by atoms with van der Waals surface area (Å²) in [4.78, 5) is 4.77. The van der Waals surface area contributed by atoms with Crippen LogP contribution in [0.25, 0.3) is 27.4 Å². The minimum Gasteiger partial charge on any atom is -0.320 e. The molecule has 0 bridgehead atoms. The lowest BCUT2D eigenvalue weighted by Gasteiger charge is -2.06. The first-order valence-corrected chi connectivity index (χ1v) is 7.59. The molecule has 2 heterocycles. The van der Waals surface area contributed by atoms with Crippen LogP contribution in [-0.4, -0.2) is 9.55 Å². The third-order valence-corrected chi connectivity index (χ3v) is 4.41. The summed E-state index contributed by atoms with van der Waals surface area (Å²) < 4.78 is 2.27. The molecule has 2 heteroatoms. The van der Waals surface area contributed by atoms with Crippen LogP contribution < -0.4 is 0 Å². The molecule has 4 aromatic rings. The molecular formula is C20H18N2. The van der Waals surface area contributed by atoms with Crippen molar-refractivity contribution in [3.05, 3.63) is 71.7 Å². The molecule has 0 aliphatic carbocycles. The molecule has 0 radical (unpaired) electrons. The van der Waals surface area contributed by atoms with Gasteiger partial charge in [0.25, 0.3) is 0 Å². The number of aromatic nitrogens is 2. The van der Waals surface area contributed by atoms with Crippen molar-refractivity contribution in [3.8, 4) is 5.69 Å². The highest BCUT2D eigenvalue weighted by Gasteiger charge is 2.13. The van der Waals surface area contributed by atoms with Crippen LogP contribution in [0.1, 0.15) is 17.0 Å². The first-order valence-electron chi connectivity index (χ1n) is 7.59. The zero-order valence-corrected chi connectivity index (χ0v) is 13.1. The molecule has 108 valence electrons. The molecule has 0 aliphatic rings. The van der Waals surface area contributed by atoms with Gasteiger partial charge >= 0.3 is 0 Å². The summed E-state index contributed by atoms with van der Waals surface area (Å²) in [5.74, 6) is 0. The Labute approximate surface area is 130 Å². The van der Waals surface area contributed by atoms with Crippen molar-refractivity contribution in [2.45, 2.75) is 20.8 Å². The van der Waals surface area contributed by atoms with Crippen LogP contribution in [-0.2, 0) is 0 Å². The standard InChI is InChI=1S/C20H18N2/c1-13-8-10-16(11-9-13)22-12-18-17-6-4-5-7-19(17)21-14(2)20(18)15(22)3/h4-12H,1-3H3. The van der Waals surface area contributed by atoms with Crippen molar-refractivity contribution in [2.75, 3.05) is 0 Å². The van der Waals surface area contributed by atoms with E-state index >= 15 is 0 Å². The number of benzene rings is 2. The highest BCUT2D eigenvalue weighted by Crippen LogP contribution is 2.31. The maximum absolute atomic E-state index is 4.77. The van der Waals surface area contributed by atoms with E-state index in [1.165, 1.54) is 33.1 Å². The summed E-state index contributed by atoms with van der Waals surface area (Å²) in [5.41, 5.74) is 5.88. The Kier molecular flexibility index (Phi) is 2.80. The van der Waals surface area contributed by atoms with E-state index in [0.29, 0.717) is 0 Å². The number of para-hydroxylation sites is 1. The molecule has 0 saturated heterocycles. The Morgan fingerprint density at radius 3 is 2.32 bits per heavy atom. The van der Waals surface area contributed by atoms with Gasteiger partial charge in [0, 0.05) is 39.4 Å². The third kappa shape index (κ3) is 1.84. The predicted molar refractivity (Wildman–Crippen MR) is 92.8 cm³/mol. The van der Waals surface area contributed by atoms with Crippen LogP contribution >= 0.6 is 0 Å². The summed E-state index contributed by atoms with van der Waals surface area (Å²) in [6.07, 6.45) is 2.24. The fraction of sp³-hybridized carbons (Fsp3) is 0.150. The van der Waals surface area contributed by atoms with Crippen LogP contribution in [0.5, 0.6) is 0 Å². The van der Waals surface area contributed by atoms with Crippen LogP contribution in [0, 0.1) is 20.8 Å². The van der Waals surface area contributed by atoms with E-state index in [2.05, 4.69) is 74.0 Å². The van der Waals surface area contributed by atoms with Gasteiger partial charge in [-0.25, -0.2) is 0 Å². The lowest BCUT2D eigenvalue weighted by atomic mass is 10.1. The van der Waals surface area contributed by atoms with E-state index in [4.69, 9.17) is 4.98 Å². The molecule has 4 rings (SSSR count).